The molecule has 0 aliphatic carbocycles. The standard InChI is InChI=1S/C12H15N3O2/c1-8-12(17)14-11(16)7-15(8)10-4-2-9(6-13)3-5-10/h2-5,8H,6-7,13H2,1H3,(H,14,16,17). The molecule has 5 nitrogen and oxygen atoms in total. The van der Waals surface area contributed by atoms with E-state index in [0.717, 1.165) is 11.3 Å². The number of anilines is 1. The summed E-state index contributed by atoms with van der Waals surface area (Å²) < 4.78 is 0. The molecular weight excluding hydrogens is 218 g/mol. The third kappa shape index (κ3) is 2.29. The summed E-state index contributed by atoms with van der Waals surface area (Å²) >= 11 is 0. The number of hydrogen-bond donors (Lipinski definition) is 2. The van der Waals surface area contributed by atoms with Gasteiger partial charge in [0.15, 0.2) is 0 Å². The highest BCUT2D eigenvalue weighted by Gasteiger charge is 2.30. The fourth-order valence-electron chi connectivity index (χ4n) is 1.85. The van der Waals surface area contributed by atoms with E-state index in [9.17, 15) is 9.59 Å². The number of carbonyl (C=O) groups is 2. The highest BCUT2D eigenvalue weighted by atomic mass is 16.2. The van der Waals surface area contributed by atoms with Gasteiger partial charge in [-0.15, -0.1) is 0 Å². The van der Waals surface area contributed by atoms with Gasteiger partial charge in [-0.2, -0.15) is 0 Å². The largest absolute Gasteiger partial charge is 0.350 e. The molecule has 1 aliphatic rings. The maximum atomic E-state index is 11.5. The fourth-order valence-corrected chi connectivity index (χ4v) is 1.85. The molecule has 1 aromatic rings. The Balaban J connectivity index is 2.24. The highest BCUT2D eigenvalue weighted by molar-refractivity contribution is 6.04. The molecule has 1 aromatic carbocycles. The molecule has 2 amide bonds. The van der Waals surface area contributed by atoms with Crippen molar-refractivity contribution in [1.82, 2.24) is 5.32 Å². The Morgan fingerprint density at radius 3 is 2.59 bits per heavy atom. The van der Waals surface area contributed by atoms with E-state index in [1.54, 1.807) is 11.8 Å². The number of imide groups is 1. The van der Waals surface area contributed by atoms with Gasteiger partial charge in [-0.25, -0.2) is 0 Å². The van der Waals surface area contributed by atoms with Crippen molar-refractivity contribution in [2.24, 2.45) is 5.73 Å². The first-order valence-electron chi connectivity index (χ1n) is 5.51. The summed E-state index contributed by atoms with van der Waals surface area (Å²) in [6.07, 6.45) is 0. The molecule has 1 unspecified atom stereocenters. The van der Waals surface area contributed by atoms with Crippen LogP contribution in [0.25, 0.3) is 0 Å². The van der Waals surface area contributed by atoms with Crippen molar-refractivity contribution in [3.05, 3.63) is 29.8 Å². The molecule has 0 spiro atoms. The van der Waals surface area contributed by atoms with Crippen LogP contribution >= 0.6 is 0 Å². The van der Waals surface area contributed by atoms with Gasteiger partial charge in [-0.3, -0.25) is 14.9 Å². The average molecular weight is 233 g/mol. The first kappa shape index (κ1) is 11.6. The minimum absolute atomic E-state index is 0.203. The van der Waals surface area contributed by atoms with Gasteiger partial charge in [0.25, 0.3) is 0 Å². The third-order valence-electron chi connectivity index (χ3n) is 2.93. The Morgan fingerprint density at radius 1 is 1.35 bits per heavy atom. The summed E-state index contributed by atoms with van der Waals surface area (Å²) in [5, 5.41) is 2.31. The molecule has 5 heteroatoms. The molecule has 17 heavy (non-hydrogen) atoms. The van der Waals surface area contributed by atoms with Gasteiger partial charge in [-0.1, -0.05) is 12.1 Å². The Hall–Kier alpha value is -1.88. The van der Waals surface area contributed by atoms with E-state index in [4.69, 9.17) is 5.73 Å². The maximum absolute atomic E-state index is 11.5. The second-order valence-electron chi connectivity index (χ2n) is 4.09. The van der Waals surface area contributed by atoms with Crippen molar-refractivity contribution in [3.8, 4) is 0 Å². The number of nitrogens with two attached hydrogens (primary N) is 1. The van der Waals surface area contributed by atoms with Crippen molar-refractivity contribution in [1.29, 1.82) is 0 Å². The van der Waals surface area contributed by atoms with Crippen LogP contribution in [-0.2, 0) is 16.1 Å². The molecule has 1 saturated heterocycles. The Morgan fingerprint density at radius 2 is 2.00 bits per heavy atom. The van der Waals surface area contributed by atoms with Crippen molar-refractivity contribution < 1.29 is 9.59 Å². The first-order chi connectivity index (χ1) is 8.11. The van der Waals surface area contributed by atoms with Crippen LogP contribution in [0.3, 0.4) is 0 Å². The van der Waals surface area contributed by atoms with Crippen molar-refractivity contribution >= 4 is 17.5 Å². The summed E-state index contributed by atoms with van der Waals surface area (Å²) in [6, 6.07) is 7.23. The Labute approximate surface area is 99.6 Å². The molecule has 0 saturated carbocycles. The molecule has 1 aliphatic heterocycles. The molecule has 0 radical (unpaired) electrons. The van der Waals surface area contributed by atoms with Gasteiger partial charge in [0.2, 0.25) is 11.8 Å². The SMILES string of the molecule is CC1C(=O)NC(=O)CN1c1ccc(CN)cc1. The maximum Gasteiger partial charge on any atom is 0.249 e. The summed E-state index contributed by atoms with van der Waals surface area (Å²) in [6.45, 7) is 2.46. The summed E-state index contributed by atoms with van der Waals surface area (Å²) in [5.41, 5.74) is 7.40. The van der Waals surface area contributed by atoms with Gasteiger partial charge in [-0.05, 0) is 24.6 Å². The molecule has 0 bridgehead atoms. The van der Waals surface area contributed by atoms with Crippen LogP contribution in [0, 0.1) is 0 Å². The number of amides is 2. The number of hydrogen-bond acceptors (Lipinski definition) is 4. The molecule has 1 heterocycles. The third-order valence-corrected chi connectivity index (χ3v) is 2.93. The van der Waals surface area contributed by atoms with Crippen LogP contribution in [0.15, 0.2) is 24.3 Å². The summed E-state index contributed by atoms with van der Waals surface area (Å²) in [4.78, 5) is 24.6. The van der Waals surface area contributed by atoms with E-state index in [0.29, 0.717) is 6.54 Å². The van der Waals surface area contributed by atoms with Crippen LogP contribution in [0.2, 0.25) is 0 Å². The van der Waals surface area contributed by atoms with Crippen molar-refractivity contribution in [2.75, 3.05) is 11.4 Å². The molecular formula is C12H15N3O2. The minimum atomic E-state index is -0.337. The monoisotopic (exact) mass is 233 g/mol. The summed E-state index contributed by atoms with van der Waals surface area (Å²) in [5.74, 6) is -0.528. The minimum Gasteiger partial charge on any atom is -0.350 e. The number of carbonyl (C=O) groups excluding carboxylic acids is 2. The normalized spacial score (nSPS) is 20.4. The number of nitrogens with zero attached hydrogens (tertiary/aromatic N) is 1. The average Bonchev–Trinajstić information content (AvgIpc) is 2.34. The molecule has 2 rings (SSSR count). The zero-order chi connectivity index (χ0) is 12.4. The lowest BCUT2D eigenvalue weighted by molar-refractivity contribution is -0.132. The second-order valence-corrected chi connectivity index (χ2v) is 4.09. The molecule has 3 N–H and O–H groups in total. The zero-order valence-electron chi connectivity index (χ0n) is 9.64. The van der Waals surface area contributed by atoms with Gasteiger partial charge in [0.05, 0.1) is 6.54 Å². The molecule has 90 valence electrons. The Bertz CT molecular complexity index is 442. The predicted octanol–water partition coefficient (Wildman–Crippen LogP) is -0.00340. The van der Waals surface area contributed by atoms with Gasteiger partial charge < -0.3 is 10.6 Å². The Kier molecular flexibility index (Phi) is 3.10. The highest BCUT2D eigenvalue weighted by Crippen LogP contribution is 2.19. The van der Waals surface area contributed by atoms with E-state index in [1.165, 1.54) is 0 Å². The van der Waals surface area contributed by atoms with E-state index < -0.39 is 0 Å². The van der Waals surface area contributed by atoms with E-state index >= 15 is 0 Å². The topological polar surface area (TPSA) is 75.4 Å². The van der Waals surface area contributed by atoms with E-state index in [2.05, 4.69) is 5.32 Å². The predicted molar refractivity (Wildman–Crippen MR) is 64.3 cm³/mol. The van der Waals surface area contributed by atoms with Crippen LogP contribution in [0.1, 0.15) is 12.5 Å². The van der Waals surface area contributed by atoms with Gasteiger partial charge in [0, 0.05) is 12.2 Å². The van der Waals surface area contributed by atoms with Gasteiger partial charge >= 0.3 is 0 Å². The van der Waals surface area contributed by atoms with Crippen LogP contribution in [0.5, 0.6) is 0 Å². The van der Waals surface area contributed by atoms with Crippen LogP contribution in [0.4, 0.5) is 5.69 Å². The summed E-state index contributed by atoms with van der Waals surface area (Å²) in [7, 11) is 0. The number of benzene rings is 1. The zero-order valence-corrected chi connectivity index (χ0v) is 9.64. The fraction of sp³-hybridized carbons (Fsp3) is 0.333. The molecule has 0 aromatic heterocycles. The number of rotatable bonds is 2. The second kappa shape index (κ2) is 4.55. The number of nitrogens with one attached hydrogen (secondary N) is 1. The number of piperazine rings is 1. The quantitative estimate of drug-likeness (QED) is 0.705. The van der Waals surface area contributed by atoms with Crippen LogP contribution in [-0.4, -0.2) is 24.4 Å². The van der Waals surface area contributed by atoms with Crippen molar-refractivity contribution in [2.45, 2.75) is 19.5 Å². The van der Waals surface area contributed by atoms with Crippen LogP contribution < -0.4 is 16.0 Å². The smallest absolute Gasteiger partial charge is 0.249 e. The van der Waals surface area contributed by atoms with E-state index in [1.807, 2.05) is 24.3 Å². The molecule has 1 atom stereocenters. The lowest BCUT2D eigenvalue weighted by Gasteiger charge is -2.33. The molecule has 1 fully saturated rings. The van der Waals surface area contributed by atoms with Gasteiger partial charge in [0.1, 0.15) is 6.04 Å². The van der Waals surface area contributed by atoms with E-state index in [-0.39, 0.29) is 24.4 Å². The lowest BCUT2D eigenvalue weighted by Crippen LogP contribution is -2.57. The van der Waals surface area contributed by atoms with Crippen molar-refractivity contribution in [3.63, 3.8) is 0 Å². The lowest BCUT2D eigenvalue weighted by atomic mass is 10.1. The first-order valence-corrected chi connectivity index (χ1v) is 5.51.